The molecule has 1 aliphatic rings. The third-order valence-corrected chi connectivity index (χ3v) is 4.39. The fourth-order valence-electron chi connectivity index (χ4n) is 2.99. The summed E-state index contributed by atoms with van der Waals surface area (Å²) in [4.78, 5) is 8.44. The summed E-state index contributed by atoms with van der Waals surface area (Å²) in [5.41, 5.74) is 2.89. The van der Waals surface area contributed by atoms with Crippen LogP contribution in [0, 0.1) is 5.82 Å². The number of pyridine rings is 1. The first kappa shape index (κ1) is 15.8. The molecule has 9 heteroatoms. The van der Waals surface area contributed by atoms with Crippen LogP contribution in [0.5, 0.6) is 0 Å². The van der Waals surface area contributed by atoms with E-state index in [0.29, 0.717) is 18.1 Å². The molecule has 1 unspecified atom stereocenters. The molecule has 0 saturated carbocycles. The zero-order valence-electron chi connectivity index (χ0n) is 14.0. The molecule has 4 aromatic rings. The van der Waals surface area contributed by atoms with Crippen LogP contribution in [-0.4, -0.2) is 30.1 Å². The molecule has 0 bridgehead atoms. The minimum absolute atomic E-state index is 0.221. The van der Waals surface area contributed by atoms with Crippen molar-refractivity contribution in [2.75, 3.05) is 0 Å². The summed E-state index contributed by atoms with van der Waals surface area (Å²) in [6, 6.07) is 9.90. The Morgan fingerprint density at radius 2 is 2.04 bits per heavy atom. The van der Waals surface area contributed by atoms with Crippen molar-refractivity contribution in [1.29, 1.82) is 0 Å². The molecule has 0 radical (unpaired) electrons. The van der Waals surface area contributed by atoms with Crippen LogP contribution in [0.25, 0.3) is 23.0 Å². The summed E-state index contributed by atoms with van der Waals surface area (Å²) >= 11 is 0. The Kier molecular flexibility index (Phi) is 3.72. The van der Waals surface area contributed by atoms with Gasteiger partial charge in [0.25, 0.3) is 5.89 Å². The Morgan fingerprint density at radius 3 is 2.85 bits per heavy atom. The Hall–Kier alpha value is -3.46. The van der Waals surface area contributed by atoms with E-state index in [1.165, 1.54) is 12.1 Å². The van der Waals surface area contributed by atoms with Gasteiger partial charge in [-0.3, -0.25) is 4.98 Å². The van der Waals surface area contributed by atoms with Gasteiger partial charge in [-0.25, -0.2) is 9.07 Å². The Bertz CT molecular complexity index is 1080. The second-order valence-corrected chi connectivity index (χ2v) is 6.08. The fraction of sp³-hybridized carbons (Fsp3) is 0.167. The van der Waals surface area contributed by atoms with Crippen molar-refractivity contribution in [2.45, 2.75) is 19.3 Å². The van der Waals surface area contributed by atoms with Gasteiger partial charge in [0.15, 0.2) is 5.69 Å². The van der Waals surface area contributed by atoms with Gasteiger partial charge in [-0.15, -0.1) is 5.10 Å². The molecule has 8 nitrogen and oxygen atoms in total. The van der Waals surface area contributed by atoms with E-state index in [0.717, 1.165) is 16.8 Å². The van der Waals surface area contributed by atoms with Crippen molar-refractivity contribution in [3.63, 3.8) is 0 Å². The third-order valence-electron chi connectivity index (χ3n) is 4.39. The van der Waals surface area contributed by atoms with Gasteiger partial charge in [-0.1, -0.05) is 22.5 Å². The largest absolute Gasteiger partial charge is 0.365 e. The van der Waals surface area contributed by atoms with Crippen molar-refractivity contribution < 1.29 is 13.7 Å². The molecule has 0 aliphatic carbocycles. The van der Waals surface area contributed by atoms with Crippen molar-refractivity contribution in [1.82, 2.24) is 30.1 Å². The highest BCUT2D eigenvalue weighted by Crippen LogP contribution is 2.30. The number of benzene rings is 1. The molecule has 0 spiro atoms. The number of halogens is 1. The smallest absolute Gasteiger partial charge is 0.280 e. The van der Waals surface area contributed by atoms with Crippen LogP contribution in [-0.2, 0) is 17.9 Å². The SMILES string of the molecule is Fc1ccc(C2Cn3nnc(-c4nc(-c5cccnc5)no4)c3CO2)cc1. The second kappa shape index (κ2) is 6.36. The first-order valence-corrected chi connectivity index (χ1v) is 8.32. The predicted octanol–water partition coefficient (Wildman–Crippen LogP) is 2.80. The molecule has 0 N–H and O–H groups in total. The number of fused-ring (bicyclic) bond motifs is 1. The number of hydrogen-bond donors (Lipinski definition) is 0. The van der Waals surface area contributed by atoms with E-state index in [1.807, 2.05) is 6.07 Å². The predicted molar refractivity (Wildman–Crippen MR) is 90.5 cm³/mol. The number of aromatic nitrogens is 6. The van der Waals surface area contributed by atoms with E-state index in [1.54, 1.807) is 35.3 Å². The van der Waals surface area contributed by atoms with Gasteiger partial charge in [0.2, 0.25) is 5.82 Å². The maximum Gasteiger partial charge on any atom is 0.280 e. The van der Waals surface area contributed by atoms with Gasteiger partial charge in [0, 0.05) is 18.0 Å². The summed E-state index contributed by atoms with van der Waals surface area (Å²) in [6.07, 6.45) is 3.11. The molecule has 0 saturated heterocycles. The molecule has 3 aromatic heterocycles. The quantitative estimate of drug-likeness (QED) is 0.552. The lowest BCUT2D eigenvalue weighted by Crippen LogP contribution is -2.22. The molecule has 1 aromatic carbocycles. The van der Waals surface area contributed by atoms with Gasteiger partial charge in [0.1, 0.15) is 11.9 Å². The number of hydrogen-bond acceptors (Lipinski definition) is 7. The topological polar surface area (TPSA) is 91.8 Å². The van der Waals surface area contributed by atoms with Crippen molar-refractivity contribution >= 4 is 0 Å². The van der Waals surface area contributed by atoms with Gasteiger partial charge in [-0.2, -0.15) is 4.98 Å². The minimum atomic E-state index is -0.279. The standard InChI is InChI=1S/C18H13FN6O2/c19-13-5-3-11(4-6-13)15-9-25-14(10-26-15)16(22-24-25)18-21-17(23-27-18)12-2-1-7-20-8-12/h1-8,15H,9-10H2. The average molecular weight is 364 g/mol. The third kappa shape index (κ3) is 2.87. The number of nitrogens with zero attached hydrogens (tertiary/aromatic N) is 6. The molecule has 0 amide bonds. The fourth-order valence-corrected chi connectivity index (χ4v) is 2.99. The van der Waals surface area contributed by atoms with Gasteiger partial charge in [0.05, 0.1) is 18.8 Å². The van der Waals surface area contributed by atoms with Crippen LogP contribution >= 0.6 is 0 Å². The molecule has 0 fully saturated rings. The Morgan fingerprint density at radius 1 is 1.15 bits per heavy atom. The van der Waals surface area contributed by atoms with Gasteiger partial charge >= 0.3 is 0 Å². The molecular weight excluding hydrogens is 351 g/mol. The first-order valence-electron chi connectivity index (χ1n) is 8.32. The van der Waals surface area contributed by atoms with Crippen LogP contribution in [0.4, 0.5) is 4.39 Å². The molecule has 1 aliphatic heterocycles. The molecule has 4 heterocycles. The normalized spacial score (nSPS) is 16.3. The maximum absolute atomic E-state index is 13.1. The summed E-state index contributed by atoms with van der Waals surface area (Å²) < 4.78 is 26.1. The van der Waals surface area contributed by atoms with E-state index in [9.17, 15) is 4.39 Å². The zero-order valence-corrected chi connectivity index (χ0v) is 14.0. The van der Waals surface area contributed by atoms with Crippen LogP contribution in [0.3, 0.4) is 0 Å². The summed E-state index contributed by atoms with van der Waals surface area (Å²) in [6.45, 7) is 0.756. The van der Waals surface area contributed by atoms with Gasteiger partial charge in [-0.05, 0) is 29.8 Å². The minimum Gasteiger partial charge on any atom is -0.365 e. The van der Waals surface area contributed by atoms with Gasteiger partial charge < -0.3 is 9.26 Å². The van der Waals surface area contributed by atoms with Crippen LogP contribution < -0.4 is 0 Å². The van der Waals surface area contributed by atoms with Crippen molar-refractivity contribution in [3.8, 4) is 23.0 Å². The van der Waals surface area contributed by atoms with Crippen LogP contribution in [0.1, 0.15) is 17.4 Å². The average Bonchev–Trinajstić information content (AvgIpc) is 3.36. The second-order valence-electron chi connectivity index (χ2n) is 6.08. The molecule has 1 atom stereocenters. The summed E-state index contributed by atoms with van der Waals surface area (Å²) in [5, 5.41) is 12.3. The lowest BCUT2D eigenvalue weighted by Gasteiger charge is -2.24. The highest BCUT2D eigenvalue weighted by molar-refractivity contribution is 5.57. The Balaban J connectivity index is 1.42. The maximum atomic E-state index is 13.1. The van der Waals surface area contributed by atoms with Crippen LogP contribution in [0.2, 0.25) is 0 Å². The van der Waals surface area contributed by atoms with E-state index >= 15 is 0 Å². The molecule has 134 valence electrons. The highest BCUT2D eigenvalue weighted by Gasteiger charge is 2.28. The summed E-state index contributed by atoms with van der Waals surface area (Å²) in [7, 11) is 0. The molecule has 5 rings (SSSR count). The molecular formula is C18H13FN6O2. The highest BCUT2D eigenvalue weighted by atomic mass is 19.1. The first-order chi connectivity index (χ1) is 13.3. The van der Waals surface area contributed by atoms with E-state index in [4.69, 9.17) is 9.26 Å². The van der Waals surface area contributed by atoms with Crippen LogP contribution in [0.15, 0.2) is 53.3 Å². The number of ether oxygens (including phenoxy) is 1. The van der Waals surface area contributed by atoms with Crippen molar-refractivity contribution in [3.05, 3.63) is 65.9 Å². The van der Waals surface area contributed by atoms with E-state index in [2.05, 4.69) is 25.4 Å². The van der Waals surface area contributed by atoms with E-state index in [-0.39, 0.29) is 24.4 Å². The zero-order chi connectivity index (χ0) is 18.2. The van der Waals surface area contributed by atoms with Crippen molar-refractivity contribution in [2.24, 2.45) is 0 Å². The Labute approximate surface area is 152 Å². The van der Waals surface area contributed by atoms with E-state index < -0.39 is 0 Å². The molecule has 27 heavy (non-hydrogen) atoms. The summed E-state index contributed by atoms with van der Waals surface area (Å²) in [5.74, 6) is 0.429. The lowest BCUT2D eigenvalue weighted by molar-refractivity contribution is -0.00120. The lowest BCUT2D eigenvalue weighted by atomic mass is 10.1. The monoisotopic (exact) mass is 364 g/mol. The number of rotatable bonds is 3.